The van der Waals surface area contributed by atoms with Gasteiger partial charge in [0.1, 0.15) is 5.69 Å². The second kappa shape index (κ2) is 8.79. The number of ether oxygens (including phenoxy) is 2. The Morgan fingerprint density at radius 3 is 2.11 bits per heavy atom. The number of hydrogen-bond donors (Lipinski definition) is 0. The van der Waals surface area contributed by atoms with Crippen LogP contribution in [0, 0.1) is 0 Å². The molecular formula is C20H18BrN3O4. The van der Waals surface area contributed by atoms with Crippen molar-refractivity contribution in [1.29, 1.82) is 0 Å². The van der Waals surface area contributed by atoms with E-state index in [1.807, 2.05) is 24.3 Å². The van der Waals surface area contributed by atoms with Gasteiger partial charge in [-0.1, -0.05) is 28.1 Å². The molecule has 144 valence electrons. The highest BCUT2D eigenvalue weighted by atomic mass is 79.9. The van der Waals surface area contributed by atoms with E-state index in [2.05, 4.69) is 26.1 Å². The van der Waals surface area contributed by atoms with Gasteiger partial charge in [0, 0.05) is 10.0 Å². The molecule has 0 aliphatic heterocycles. The second-order valence-electron chi connectivity index (χ2n) is 5.68. The molecule has 8 heteroatoms. The number of carbonyl (C=O) groups is 2. The number of rotatable bonds is 6. The summed E-state index contributed by atoms with van der Waals surface area (Å²) >= 11 is 3.39. The Hall–Kier alpha value is -3.00. The number of hydrogen-bond acceptors (Lipinski definition) is 6. The average Bonchev–Trinajstić information content (AvgIpc) is 3.14. The predicted molar refractivity (Wildman–Crippen MR) is 106 cm³/mol. The number of carbonyl (C=O) groups excluding carboxylic acids is 2. The van der Waals surface area contributed by atoms with E-state index in [9.17, 15) is 9.59 Å². The minimum absolute atomic E-state index is 0.124. The zero-order valence-electron chi connectivity index (χ0n) is 15.4. The summed E-state index contributed by atoms with van der Waals surface area (Å²) in [5.41, 5.74) is 2.30. The first-order chi connectivity index (χ1) is 13.5. The van der Waals surface area contributed by atoms with Crippen molar-refractivity contribution in [2.24, 2.45) is 0 Å². The minimum atomic E-state index is -0.546. The lowest BCUT2D eigenvalue weighted by molar-refractivity contribution is 0.0513. The highest BCUT2D eigenvalue weighted by Crippen LogP contribution is 2.24. The zero-order valence-corrected chi connectivity index (χ0v) is 17.0. The molecule has 0 aliphatic carbocycles. The Kier molecular flexibility index (Phi) is 6.20. The average molecular weight is 444 g/mol. The highest BCUT2D eigenvalue weighted by Gasteiger charge is 2.22. The lowest BCUT2D eigenvalue weighted by Crippen LogP contribution is -2.08. The molecule has 28 heavy (non-hydrogen) atoms. The molecule has 0 aliphatic rings. The van der Waals surface area contributed by atoms with Crippen molar-refractivity contribution in [3.05, 3.63) is 64.3 Å². The van der Waals surface area contributed by atoms with Crippen molar-refractivity contribution >= 4 is 27.9 Å². The summed E-state index contributed by atoms with van der Waals surface area (Å²) in [6.45, 7) is 4.02. The van der Waals surface area contributed by atoms with Crippen molar-refractivity contribution in [1.82, 2.24) is 15.0 Å². The van der Waals surface area contributed by atoms with Crippen LogP contribution in [0.4, 0.5) is 0 Å². The maximum absolute atomic E-state index is 12.4. The smallest absolute Gasteiger partial charge is 0.361 e. The quantitative estimate of drug-likeness (QED) is 0.534. The molecule has 7 nitrogen and oxygen atoms in total. The third-order valence-electron chi connectivity index (χ3n) is 3.81. The van der Waals surface area contributed by atoms with Gasteiger partial charge in [-0.05, 0) is 50.2 Å². The molecule has 2 aromatic carbocycles. The Morgan fingerprint density at radius 1 is 0.893 bits per heavy atom. The fourth-order valence-corrected chi connectivity index (χ4v) is 2.77. The molecule has 0 N–H and O–H groups in total. The van der Waals surface area contributed by atoms with Gasteiger partial charge in [-0.15, -0.1) is 10.2 Å². The van der Waals surface area contributed by atoms with Gasteiger partial charge in [-0.25, -0.2) is 9.59 Å². The first kappa shape index (κ1) is 19.8. The van der Waals surface area contributed by atoms with Gasteiger partial charge in [-0.3, -0.25) is 0 Å². The van der Waals surface area contributed by atoms with Gasteiger partial charge in [-0.2, -0.15) is 4.80 Å². The van der Waals surface area contributed by atoms with Crippen molar-refractivity contribution in [3.8, 4) is 16.9 Å². The SMILES string of the molecule is CCOC(=O)c1ccc(-n2nc(C(=O)OCC)c(-c3ccc(Br)cc3)n2)cc1. The maximum Gasteiger partial charge on any atom is 0.361 e. The second-order valence-corrected chi connectivity index (χ2v) is 6.60. The summed E-state index contributed by atoms with van der Waals surface area (Å²) in [5, 5.41) is 8.78. The van der Waals surface area contributed by atoms with Crippen LogP contribution in [0.3, 0.4) is 0 Å². The van der Waals surface area contributed by atoms with Gasteiger partial charge < -0.3 is 9.47 Å². The maximum atomic E-state index is 12.4. The molecule has 0 bridgehead atoms. The van der Waals surface area contributed by atoms with Crippen LogP contribution in [0.2, 0.25) is 0 Å². The molecule has 0 unspecified atom stereocenters. The van der Waals surface area contributed by atoms with Gasteiger partial charge >= 0.3 is 11.9 Å². The number of esters is 2. The third-order valence-corrected chi connectivity index (χ3v) is 4.34. The van der Waals surface area contributed by atoms with Crippen molar-refractivity contribution in [2.75, 3.05) is 13.2 Å². The van der Waals surface area contributed by atoms with Gasteiger partial charge in [0.25, 0.3) is 0 Å². The molecule has 0 amide bonds. The fraction of sp³-hybridized carbons (Fsp3) is 0.200. The molecule has 1 heterocycles. The van der Waals surface area contributed by atoms with E-state index in [0.29, 0.717) is 23.6 Å². The number of benzene rings is 2. The van der Waals surface area contributed by atoms with Crippen LogP contribution >= 0.6 is 15.9 Å². The summed E-state index contributed by atoms with van der Waals surface area (Å²) in [4.78, 5) is 25.5. The number of halogens is 1. The zero-order chi connectivity index (χ0) is 20.1. The third kappa shape index (κ3) is 4.28. The molecular weight excluding hydrogens is 426 g/mol. The number of aromatic nitrogens is 3. The summed E-state index contributed by atoms with van der Waals surface area (Å²) in [5.74, 6) is -0.944. The minimum Gasteiger partial charge on any atom is -0.462 e. The van der Waals surface area contributed by atoms with Gasteiger partial charge in [0.2, 0.25) is 0 Å². The topological polar surface area (TPSA) is 83.3 Å². The molecule has 0 fully saturated rings. The largest absolute Gasteiger partial charge is 0.462 e. The molecule has 1 aromatic heterocycles. The number of nitrogens with zero attached hydrogens (tertiary/aromatic N) is 3. The molecule has 0 atom stereocenters. The van der Waals surface area contributed by atoms with Crippen LogP contribution in [0.25, 0.3) is 16.9 Å². The van der Waals surface area contributed by atoms with Gasteiger partial charge in [0.15, 0.2) is 5.69 Å². The highest BCUT2D eigenvalue weighted by molar-refractivity contribution is 9.10. The predicted octanol–water partition coefficient (Wildman–Crippen LogP) is 4.05. The monoisotopic (exact) mass is 443 g/mol. The molecule has 0 radical (unpaired) electrons. The summed E-state index contributed by atoms with van der Waals surface area (Å²) < 4.78 is 11.0. The summed E-state index contributed by atoms with van der Waals surface area (Å²) in [6, 6.07) is 14.0. The van der Waals surface area contributed by atoms with Crippen LogP contribution in [0.1, 0.15) is 34.7 Å². The first-order valence-electron chi connectivity index (χ1n) is 8.71. The Bertz CT molecular complexity index is 982. The van der Waals surface area contributed by atoms with Crippen LogP contribution < -0.4 is 0 Å². The summed E-state index contributed by atoms with van der Waals surface area (Å²) in [7, 11) is 0. The Morgan fingerprint density at radius 2 is 1.50 bits per heavy atom. The van der Waals surface area contributed by atoms with E-state index >= 15 is 0 Å². The Labute approximate surface area is 170 Å². The lowest BCUT2D eigenvalue weighted by Gasteiger charge is -2.03. The summed E-state index contributed by atoms with van der Waals surface area (Å²) in [6.07, 6.45) is 0. The first-order valence-corrected chi connectivity index (χ1v) is 9.50. The van der Waals surface area contributed by atoms with Crippen molar-refractivity contribution in [3.63, 3.8) is 0 Å². The van der Waals surface area contributed by atoms with Crippen LogP contribution in [0.15, 0.2) is 53.0 Å². The van der Waals surface area contributed by atoms with Crippen LogP contribution in [0.5, 0.6) is 0 Å². The normalized spacial score (nSPS) is 10.5. The van der Waals surface area contributed by atoms with E-state index in [4.69, 9.17) is 9.47 Å². The van der Waals surface area contributed by atoms with E-state index in [1.54, 1.807) is 38.1 Å². The molecule has 0 saturated carbocycles. The molecule has 3 aromatic rings. The van der Waals surface area contributed by atoms with Gasteiger partial charge in [0.05, 0.1) is 24.5 Å². The van der Waals surface area contributed by atoms with E-state index in [0.717, 1.165) is 10.0 Å². The van der Waals surface area contributed by atoms with E-state index < -0.39 is 11.9 Å². The van der Waals surface area contributed by atoms with E-state index in [1.165, 1.54) is 4.80 Å². The Balaban J connectivity index is 2.00. The molecule has 0 spiro atoms. The van der Waals surface area contributed by atoms with E-state index in [-0.39, 0.29) is 12.3 Å². The van der Waals surface area contributed by atoms with Crippen molar-refractivity contribution in [2.45, 2.75) is 13.8 Å². The molecule has 3 rings (SSSR count). The fourth-order valence-electron chi connectivity index (χ4n) is 2.51. The lowest BCUT2D eigenvalue weighted by atomic mass is 10.1. The van der Waals surface area contributed by atoms with Crippen LogP contribution in [-0.4, -0.2) is 40.1 Å². The molecule has 0 saturated heterocycles. The standard InChI is InChI=1S/C20H18BrN3O4/c1-3-27-19(25)14-7-11-16(12-8-14)24-22-17(13-5-9-15(21)10-6-13)18(23-24)20(26)28-4-2/h5-12H,3-4H2,1-2H3. The van der Waals surface area contributed by atoms with Crippen molar-refractivity contribution < 1.29 is 19.1 Å². The van der Waals surface area contributed by atoms with Crippen LogP contribution in [-0.2, 0) is 9.47 Å².